The number of carbonyl (C=O) groups excluding carboxylic acids is 2. The van der Waals surface area contributed by atoms with E-state index in [1.807, 2.05) is 16.7 Å². The average Bonchev–Trinajstić information content (AvgIpc) is 2.61. The Morgan fingerprint density at radius 1 is 1.26 bits per heavy atom. The zero-order valence-electron chi connectivity index (χ0n) is 14.0. The molecule has 2 heterocycles. The number of likely N-dealkylation sites (tertiary alicyclic amines) is 2. The molecule has 2 saturated heterocycles. The Balaban J connectivity index is 1.58. The normalized spacial score (nSPS) is 28.1. The van der Waals surface area contributed by atoms with E-state index in [4.69, 9.17) is 4.74 Å². The van der Waals surface area contributed by atoms with Gasteiger partial charge in [0, 0.05) is 25.7 Å². The lowest BCUT2D eigenvalue weighted by Crippen LogP contribution is -2.77. The molecule has 0 bridgehead atoms. The zero-order chi connectivity index (χ0) is 16.4. The predicted molar refractivity (Wildman–Crippen MR) is 84.8 cm³/mol. The Kier molecular flexibility index (Phi) is 4.92. The van der Waals surface area contributed by atoms with Crippen molar-refractivity contribution >= 4 is 11.8 Å². The molecule has 2 amide bonds. The largest absolute Gasteiger partial charge is 0.381 e. The van der Waals surface area contributed by atoms with Crippen molar-refractivity contribution in [1.82, 2.24) is 9.80 Å². The molecule has 0 aromatic heterocycles. The van der Waals surface area contributed by atoms with Gasteiger partial charge in [-0.1, -0.05) is 19.3 Å². The van der Waals surface area contributed by atoms with Crippen molar-refractivity contribution in [3.05, 3.63) is 0 Å². The Morgan fingerprint density at radius 2 is 1.91 bits per heavy atom. The van der Waals surface area contributed by atoms with E-state index in [-0.39, 0.29) is 30.0 Å². The number of aliphatic hydroxyl groups excluding tert-OH is 1. The first kappa shape index (κ1) is 16.7. The maximum absolute atomic E-state index is 12.3. The Bertz CT molecular complexity index is 454. The van der Waals surface area contributed by atoms with Crippen molar-refractivity contribution in [2.75, 3.05) is 26.3 Å². The van der Waals surface area contributed by atoms with E-state index in [0.717, 1.165) is 38.5 Å². The summed E-state index contributed by atoms with van der Waals surface area (Å²) in [7, 11) is 0. The van der Waals surface area contributed by atoms with Crippen LogP contribution in [0.3, 0.4) is 0 Å². The molecule has 1 spiro atoms. The quantitative estimate of drug-likeness (QED) is 0.781. The monoisotopic (exact) mass is 324 g/mol. The molecule has 1 atom stereocenters. The van der Waals surface area contributed by atoms with Crippen LogP contribution >= 0.6 is 0 Å². The van der Waals surface area contributed by atoms with Crippen molar-refractivity contribution in [2.45, 2.75) is 69.6 Å². The van der Waals surface area contributed by atoms with E-state index in [9.17, 15) is 14.7 Å². The number of hydrogen-bond donors (Lipinski definition) is 1. The maximum Gasteiger partial charge on any atom is 0.254 e. The third kappa shape index (κ3) is 2.87. The third-order valence-electron chi connectivity index (χ3n) is 5.79. The predicted octanol–water partition coefficient (Wildman–Crippen LogP) is 0.920. The van der Waals surface area contributed by atoms with E-state index in [1.165, 1.54) is 6.42 Å². The minimum Gasteiger partial charge on any atom is -0.381 e. The summed E-state index contributed by atoms with van der Waals surface area (Å²) in [4.78, 5) is 28.1. The van der Waals surface area contributed by atoms with Crippen LogP contribution < -0.4 is 0 Å². The number of hydrogen-bond acceptors (Lipinski definition) is 4. The number of ether oxygens (including phenoxy) is 1. The topological polar surface area (TPSA) is 70.1 Å². The number of carbonyl (C=O) groups is 2. The molecule has 1 unspecified atom stereocenters. The molecule has 1 N–H and O–H groups in total. The molecule has 6 heteroatoms. The molecule has 23 heavy (non-hydrogen) atoms. The lowest BCUT2D eigenvalue weighted by molar-refractivity contribution is -0.201. The summed E-state index contributed by atoms with van der Waals surface area (Å²) in [6.07, 6.45) is 6.02. The Hall–Kier alpha value is -1.14. The number of β-lactam (4-membered cyclic amide) rings is 1. The lowest BCUT2D eigenvalue weighted by atomic mass is 9.68. The number of piperidine rings is 1. The van der Waals surface area contributed by atoms with Crippen LogP contribution in [0.5, 0.6) is 0 Å². The van der Waals surface area contributed by atoms with Gasteiger partial charge in [-0.25, -0.2) is 0 Å². The van der Waals surface area contributed by atoms with Crippen molar-refractivity contribution in [3.8, 4) is 0 Å². The molecule has 0 aromatic carbocycles. The van der Waals surface area contributed by atoms with Crippen molar-refractivity contribution in [1.29, 1.82) is 0 Å². The first-order chi connectivity index (χ1) is 11.1. The first-order valence-corrected chi connectivity index (χ1v) is 8.97. The van der Waals surface area contributed by atoms with Crippen LogP contribution in [0, 0.1) is 0 Å². The summed E-state index contributed by atoms with van der Waals surface area (Å²) >= 11 is 0. The van der Waals surface area contributed by atoms with E-state index < -0.39 is 6.10 Å². The highest BCUT2D eigenvalue weighted by Crippen LogP contribution is 2.46. The summed E-state index contributed by atoms with van der Waals surface area (Å²) in [5, 5.41) is 10.3. The van der Waals surface area contributed by atoms with Crippen molar-refractivity contribution in [3.63, 3.8) is 0 Å². The van der Waals surface area contributed by atoms with Crippen LogP contribution in [-0.2, 0) is 14.3 Å². The summed E-state index contributed by atoms with van der Waals surface area (Å²) in [6, 6.07) is 0.167. The Morgan fingerprint density at radius 3 is 2.52 bits per heavy atom. The van der Waals surface area contributed by atoms with Gasteiger partial charge in [0.25, 0.3) is 5.91 Å². The van der Waals surface area contributed by atoms with Crippen LogP contribution in [0.25, 0.3) is 0 Å². The van der Waals surface area contributed by atoms with Gasteiger partial charge < -0.3 is 19.6 Å². The van der Waals surface area contributed by atoms with Gasteiger partial charge in [-0.3, -0.25) is 9.59 Å². The van der Waals surface area contributed by atoms with E-state index in [0.29, 0.717) is 19.7 Å². The van der Waals surface area contributed by atoms with Gasteiger partial charge in [0.15, 0.2) is 6.10 Å². The van der Waals surface area contributed by atoms with E-state index in [1.54, 1.807) is 0 Å². The van der Waals surface area contributed by atoms with Gasteiger partial charge >= 0.3 is 0 Å². The maximum atomic E-state index is 12.3. The third-order valence-corrected chi connectivity index (χ3v) is 5.79. The fraction of sp³-hybridized carbons (Fsp3) is 0.882. The van der Waals surface area contributed by atoms with Gasteiger partial charge in [-0.05, 0) is 32.6 Å². The van der Waals surface area contributed by atoms with Crippen molar-refractivity contribution < 1.29 is 19.4 Å². The van der Waals surface area contributed by atoms with Crippen molar-refractivity contribution in [2.24, 2.45) is 0 Å². The fourth-order valence-corrected chi connectivity index (χ4v) is 4.52. The highest BCUT2D eigenvalue weighted by atomic mass is 16.5. The molecule has 0 aromatic rings. The lowest BCUT2D eigenvalue weighted by Gasteiger charge is -2.61. The Labute approximate surface area is 137 Å². The molecular formula is C17H28N2O4. The SMILES string of the molecule is CCOCC(=O)N1CCC(N2C(=O)C(O)C23CCCCC3)CC1. The summed E-state index contributed by atoms with van der Waals surface area (Å²) < 4.78 is 5.19. The second-order valence-electron chi connectivity index (χ2n) is 7.02. The van der Waals surface area contributed by atoms with E-state index >= 15 is 0 Å². The van der Waals surface area contributed by atoms with Crippen LogP contribution in [0.2, 0.25) is 0 Å². The van der Waals surface area contributed by atoms with Crippen LogP contribution in [0.1, 0.15) is 51.9 Å². The molecule has 130 valence electrons. The van der Waals surface area contributed by atoms with Gasteiger partial charge in [0.1, 0.15) is 6.61 Å². The number of rotatable bonds is 4. The highest BCUT2D eigenvalue weighted by molar-refractivity contribution is 5.90. The van der Waals surface area contributed by atoms with Gasteiger partial charge in [0.05, 0.1) is 5.54 Å². The zero-order valence-corrected chi connectivity index (χ0v) is 14.0. The molecule has 0 radical (unpaired) electrons. The second-order valence-corrected chi connectivity index (χ2v) is 7.02. The van der Waals surface area contributed by atoms with Gasteiger partial charge in [-0.2, -0.15) is 0 Å². The number of nitrogens with zero attached hydrogens (tertiary/aromatic N) is 2. The second kappa shape index (κ2) is 6.77. The minimum atomic E-state index is -0.805. The molecule has 3 fully saturated rings. The van der Waals surface area contributed by atoms with Crippen LogP contribution in [-0.4, -0.2) is 70.7 Å². The van der Waals surface area contributed by atoms with Crippen LogP contribution in [0.15, 0.2) is 0 Å². The fourth-order valence-electron chi connectivity index (χ4n) is 4.52. The standard InChI is InChI=1S/C17H28N2O4/c1-2-23-12-14(20)18-10-6-13(7-11-18)19-16(22)15(21)17(19)8-4-3-5-9-17/h13,15,21H,2-12H2,1H3. The first-order valence-electron chi connectivity index (χ1n) is 8.97. The van der Waals surface area contributed by atoms with Crippen LogP contribution in [0.4, 0.5) is 0 Å². The number of amides is 2. The molecule has 3 rings (SSSR count). The molecular weight excluding hydrogens is 296 g/mol. The van der Waals surface area contributed by atoms with Gasteiger partial charge in [-0.15, -0.1) is 0 Å². The molecule has 3 aliphatic rings. The molecule has 1 saturated carbocycles. The van der Waals surface area contributed by atoms with E-state index in [2.05, 4.69) is 0 Å². The smallest absolute Gasteiger partial charge is 0.254 e. The molecule has 1 aliphatic carbocycles. The average molecular weight is 324 g/mol. The van der Waals surface area contributed by atoms with Gasteiger partial charge in [0.2, 0.25) is 5.91 Å². The highest BCUT2D eigenvalue weighted by Gasteiger charge is 2.61. The minimum absolute atomic E-state index is 0.0349. The summed E-state index contributed by atoms with van der Waals surface area (Å²) in [5.41, 5.74) is -0.308. The summed E-state index contributed by atoms with van der Waals surface area (Å²) in [5.74, 6) is -0.0707. The molecule has 2 aliphatic heterocycles. The summed E-state index contributed by atoms with van der Waals surface area (Å²) in [6.45, 7) is 3.92. The molecule has 6 nitrogen and oxygen atoms in total. The number of aliphatic hydroxyl groups is 1.